The van der Waals surface area contributed by atoms with Gasteiger partial charge in [0.2, 0.25) is 5.91 Å². The molecule has 3 aromatic rings. The molecule has 4 rings (SSSR count). The molecule has 0 N–H and O–H groups in total. The van der Waals surface area contributed by atoms with E-state index in [1.54, 1.807) is 37.5 Å². The zero-order chi connectivity index (χ0) is 31.5. The number of morpholine rings is 1. The Morgan fingerprint density at radius 2 is 1.80 bits per heavy atom. The van der Waals surface area contributed by atoms with E-state index in [-0.39, 0.29) is 41.8 Å². The molecule has 236 valence electrons. The van der Waals surface area contributed by atoms with Crippen LogP contribution in [0.5, 0.6) is 11.5 Å². The number of nitro benzene ring substituents is 1. The molecule has 13 heteroatoms. The second-order valence-electron chi connectivity index (χ2n) is 10.3. The van der Waals surface area contributed by atoms with Crippen LogP contribution in [0.3, 0.4) is 0 Å². The van der Waals surface area contributed by atoms with Gasteiger partial charge in [-0.05, 0) is 54.8 Å². The Balaban J connectivity index is 1.53. The summed E-state index contributed by atoms with van der Waals surface area (Å²) in [7, 11) is 3.13. The average Bonchev–Trinajstić information content (AvgIpc) is 3.56. The first kappa shape index (κ1) is 32.8. The van der Waals surface area contributed by atoms with E-state index >= 15 is 0 Å². The molecule has 0 unspecified atom stereocenters. The molecule has 44 heavy (non-hydrogen) atoms. The van der Waals surface area contributed by atoms with Crippen molar-refractivity contribution in [1.29, 1.82) is 0 Å². The molecule has 0 radical (unpaired) electrons. The zero-order valence-corrected chi connectivity index (χ0v) is 25.7. The van der Waals surface area contributed by atoms with Crippen molar-refractivity contribution in [2.45, 2.75) is 19.4 Å². The summed E-state index contributed by atoms with van der Waals surface area (Å²) in [6, 6.07) is 13.0. The molecule has 1 aliphatic rings. The number of methoxy groups -OCH3 is 2. The fourth-order valence-electron chi connectivity index (χ4n) is 4.98. The van der Waals surface area contributed by atoms with Gasteiger partial charge in [0.1, 0.15) is 17.3 Å². The minimum atomic E-state index is -0.633. The predicted octanol–water partition coefficient (Wildman–Crippen LogP) is 4.29. The number of rotatable bonds is 15. The molecule has 1 aromatic heterocycles. The van der Waals surface area contributed by atoms with Gasteiger partial charge >= 0.3 is 0 Å². The summed E-state index contributed by atoms with van der Waals surface area (Å²) in [4.78, 5) is 43.7. The number of furan rings is 1. The van der Waals surface area contributed by atoms with Crippen molar-refractivity contribution in [3.63, 3.8) is 0 Å². The third-order valence-corrected chi connectivity index (χ3v) is 7.73. The van der Waals surface area contributed by atoms with E-state index in [0.717, 1.165) is 31.3 Å². The van der Waals surface area contributed by atoms with Crippen molar-refractivity contribution in [3.05, 3.63) is 86.8 Å². The number of ether oxygens (including phenoxy) is 3. The van der Waals surface area contributed by atoms with Crippen molar-refractivity contribution >= 4 is 29.1 Å². The Kier molecular flexibility index (Phi) is 12.0. The molecule has 0 aliphatic carbocycles. The van der Waals surface area contributed by atoms with Crippen LogP contribution in [-0.4, -0.2) is 98.1 Å². The number of halogens is 1. The number of benzene rings is 2. The summed E-state index contributed by atoms with van der Waals surface area (Å²) < 4.78 is 21.7. The predicted molar refractivity (Wildman–Crippen MR) is 163 cm³/mol. The molecule has 2 heterocycles. The second-order valence-corrected chi connectivity index (χ2v) is 10.7. The normalized spacial score (nSPS) is 13.3. The van der Waals surface area contributed by atoms with Gasteiger partial charge in [-0.3, -0.25) is 24.6 Å². The van der Waals surface area contributed by atoms with E-state index in [2.05, 4.69) is 4.90 Å². The minimum absolute atomic E-state index is 0.0683. The van der Waals surface area contributed by atoms with Gasteiger partial charge < -0.3 is 28.4 Å². The third-order valence-electron chi connectivity index (χ3n) is 7.41. The van der Waals surface area contributed by atoms with Gasteiger partial charge in [0, 0.05) is 44.4 Å². The summed E-state index contributed by atoms with van der Waals surface area (Å²) in [5.74, 6) is 1.02. The van der Waals surface area contributed by atoms with Gasteiger partial charge in [0.25, 0.3) is 11.6 Å². The third kappa shape index (κ3) is 8.94. The van der Waals surface area contributed by atoms with E-state index < -0.39 is 10.8 Å². The van der Waals surface area contributed by atoms with Crippen molar-refractivity contribution in [2.75, 3.05) is 66.7 Å². The highest BCUT2D eigenvalue weighted by Crippen LogP contribution is 2.28. The van der Waals surface area contributed by atoms with Crippen LogP contribution < -0.4 is 9.47 Å². The van der Waals surface area contributed by atoms with Gasteiger partial charge in [0.05, 0.1) is 45.2 Å². The lowest BCUT2D eigenvalue weighted by molar-refractivity contribution is -0.384. The minimum Gasteiger partial charge on any atom is -0.493 e. The van der Waals surface area contributed by atoms with Crippen LogP contribution in [0.2, 0.25) is 5.02 Å². The van der Waals surface area contributed by atoms with Gasteiger partial charge in [-0.15, -0.1) is 0 Å². The van der Waals surface area contributed by atoms with Crippen LogP contribution in [0.1, 0.15) is 28.1 Å². The molecule has 1 aliphatic heterocycles. The fraction of sp³-hybridized carbons (Fsp3) is 0.419. The number of nitro groups is 1. The number of carbonyl (C=O) groups excluding carboxylic acids is 2. The first-order valence-electron chi connectivity index (χ1n) is 14.3. The van der Waals surface area contributed by atoms with Gasteiger partial charge in [-0.25, -0.2) is 0 Å². The standard InChI is InChI=1S/C31H37ClN4O8/c1-41-28-9-6-23(19-29(28)42-2)10-13-34(21-25-5-3-16-44-25)30(37)22-35(12-4-11-33-14-17-43-18-15-33)31(38)24-7-8-26(32)27(20-24)36(39)40/h3,5-9,16,19-20H,4,10-15,17-18,21-22H2,1-2H3. The molecule has 0 spiro atoms. The molecule has 0 atom stereocenters. The maximum absolute atomic E-state index is 13.8. The first-order chi connectivity index (χ1) is 21.3. The Hall–Kier alpha value is -4.13. The summed E-state index contributed by atoms with van der Waals surface area (Å²) in [6.07, 6.45) is 2.67. The topological polar surface area (TPSA) is 128 Å². The average molecular weight is 629 g/mol. The lowest BCUT2D eigenvalue weighted by Crippen LogP contribution is -2.44. The van der Waals surface area contributed by atoms with E-state index in [9.17, 15) is 19.7 Å². The SMILES string of the molecule is COc1ccc(CCN(Cc2ccco2)C(=O)CN(CCCN2CCOCC2)C(=O)c2ccc(Cl)c([N+](=O)[O-])c2)cc1OC. The van der Waals surface area contributed by atoms with Crippen molar-refractivity contribution < 1.29 is 33.1 Å². The zero-order valence-electron chi connectivity index (χ0n) is 24.9. The van der Waals surface area contributed by atoms with E-state index in [1.165, 1.54) is 17.0 Å². The largest absolute Gasteiger partial charge is 0.493 e. The Morgan fingerprint density at radius 1 is 1.02 bits per heavy atom. The van der Waals surface area contributed by atoms with Crippen LogP contribution in [0, 0.1) is 10.1 Å². The van der Waals surface area contributed by atoms with Gasteiger partial charge in [-0.2, -0.15) is 0 Å². The van der Waals surface area contributed by atoms with Gasteiger partial charge in [0.15, 0.2) is 11.5 Å². The maximum Gasteiger partial charge on any atom is 0.288 e. The quantitative estimate of drug-likeness (QED) is 0.179. The molecular weight excluding hydrogens is 592 g/mol. The number of hydrogen-bond donors (Lipinski definition) is 0. The Bertz CT molecular complexity index is 1410. The number of nitrogens with zero attached hydrogens (tertiary/aromatic N) is 4. The molecule has 2 aromatic carbocycles. The van der Waals surface area contributed by atoms with Crippen LogP contribution >= 0.6 is 11.6 Å². The Morgan fingerprint density at radius 3 is 2.48 bits per heavy atom. The molecule has 0 bridgehead atoms. The smallest absolute Gasteiger partial charge is 0.288 e. The van der Waals surface area contributed by atoms with E-state index in [4.69, 9.17) is 30.2 Å². The van der Waals surface area contributed by atoms with Crippen molar-refractivity contribution in [2.24, 2.45) is 0 Å². The first-order valence-corrected chi connectivity index (χ1v) is 14.7. The molecular formula is C31H37ClN4O8. The van der Waals surface area contributed by atoms with Crippen LogP contribution in [0.4, 0.5) is 5.69 Å². The highest BCUT2D eigenvalue weighted by atomic mass is 35.5. The lowest BCUT2D eigenvalue weighted by atomic mass is 10.1. The number of carbonyl (C=O) groups is 2. The lowest BCUT2D eigenvalue weighted by Gasteiger charge is -2.30. The summed E-state index contributed by atoms with van der Waals surface area (Å²) in [5.41, 5.74) is 0.654. The van der Waals surface area contributed by atoms with E-state index in [1.807, 2.05) is 18.2 Å². The van der Waals surface area contributed by atoms with Crippen molar-refractivity contribution in [1.82, 2.24) is 14.7 Å². The Labute approximate surface area is 261 Å². The maximum atomic E-state index is 13.8. The highest BCUT2D eigenvalue weighted by Gasteiger charge is 2.25. The number of amides is 2. The van der Waals surface area contributed by atoms with Crippen LogP contribution in [0.15, 0.2) is 59.2 Å². The monoisotopic (exact) mass is 628 g/mol. The summed E-state index contributed by atoms with van der Waals surface area (Å²) >= 11 is 5.99. The summed E-state index contributed by atoms with van der Waals surface area (Å²) in [6.45, 7) is 4.23. The molecule has 0 saturated carbocycles. The molecule has 12 nitrogen and oxygen atoms in total. The fourth-order valence-corrected chi connectivity index (χ4v) is 5.16. The van der Waals surface area contributed by atoms with Crippen molar-refractivity contribution in [3.8, 4) is 11.5 Å². The van der Waals surface area contributed by atoms with Crippen LogP contribution in [-0.2, 0) is 22.5 Å². The van der Waals surface area contributed by atoms with Gasteiger partial charge in [-0.1, -0.05) is 17.7 Å². The molecule has 1 saturated heterocycles. The summed E-state index contributed by atoms with van der Waals surface area (Å²) in [5, 5.41) is 11.4. The molecule has 1 fully saturated rings. The number of hydrogen-bond acceptors (Lipinski definition) is 9. The van der Waals surface area contributed by atoms with E-state index in [0.29, 0.717) is 49.9 Å². The molecule has 2 amide bonds. The van der Waals surface area contributed by atoms with Crippen LogP contribution in [0.25, 0.3) is 0 Å². The highest BCUT2D eigenvalue weighted by molar-refractivity contribution is 6.32. The second kappa shape index (κ2) is 16.1.